The molecule has 1 aromatic carbocycles. The van der Waals surface area contributed by atoms with Crippen LogP contribution in [0, 0.1) is 0 Å². The van der Waals surface area contributed by atoms with E-state index in [9.17, 15) is 0 Å². The van der Waals surface area contributed by atoms with Gasteiger partial charge in [0, 0.05) is 6.54 Å². The molecule has 0 amide bonds. The van der Waals surface area contributed by atoms with E-state index in [1.54, 1.807) is 11.1 Å². The summed E-state index contributed by atoms with van der Waals surface area (Å²) in [5, 5.41) is 10.3. The summed E-state index contributed by atoms with van der Waals surface area (Å²) in [4.78, 5) is 8.36. The SMILES string of the molecule is C1=C(c2cccc3c2CCC3)CNCC1.O=CO. The molecule has 2 N–H and O–H groups in total. The highest BCUT2D eigenvalue weighted by atomic mass is 16.3. The zero-order chi connectivity index (χ0) is 12.8. The number of hydrogen-bond donors (Lipinski definition) is 2. The first-order chi connectivity index (χ1) is 8.86. The molecule has 3 rings (SSSR count). The summed E-state index contributed by atoms with van der Waals surface area (Å²) in [6.07, 6.45) is 7.49. The maximum absolute atomic E-state index is 8.36. The molecule has 0 fully saturated rings. The number of fused-ring (bicyclic) bond motifs is 1. The molecule has 0 radical (unpaired) electrons. The van der Waals surface area contributed by atoms with Gasteiger partial charge in [-0.25, -0.2) is 0 Å². The Balaban J connectivity index is 0.000000367. The standard InChI is InChI=1S/C14H17N.CH2O2/c1-4-11-5-2-8-14(13(11)7-1)12-6-3-9-15-10-12;2-1-3/h2,5-6,8,15H,1,3-4,7,9-10H2;1H,(H,2,3). The lowest BCUT2D eigenvalue weighted by molar-refractivity contribution is -0.122. The Hall–Kier alpha value is -1.61. The highest BCUT2D eigenvalue weighted by molar-refractivity contribution is 5.71. The van der Waals surface area contributed by atoms with Crippen molar-refractivity contribution in [3.8, 4) is 0 Å². The lowest BCUT2D eigenvalue weighted by atomic mass is 9.95. The van der Waals surface area contributed by atoms with E-state index in [2.05, 4.69) is 29.6 Å². The summed E-state index contributed by atoms with van der Waals surface area (Å²) in [6, 6.07) is 6.81. The highest BCUT2D eigenvalue weighted by Gasteiger charge is 2.16. The molecular formula is C15H19NO2. The molecule has 0 unspecified atom stereocenters. The van der Waals surface area contributed by atoms with Crippen LogP contribution >= 0.6 is 0 Å². The van der Waals surface area contributed by atoms with Gasteiger partial charge in [0.15, 0.2) is 0 Å². The van der Waals surface area contributed by atoms with Gasteiger partial charge in [0.05, 0.1) is 0 Å². The van der Waals surface area contributed by atoms with Gasteiger partial charge in [0.25, 0.3) is 6.47 Å². The maximum Gasteiger partial charge on any atom is 0.290 e. The van der Waals surface area contributed by atoms with Crippen LogP contribution in [0.2, 0.25) is 0 Å². The minimum atomic E-state index is -0.250. The van der Waals surface area contributed by atoms with Gasteiger partial charge < -0.3 is 10.4 Å². The molecular weight excluding hydrogens is 226 g/mol. The summed E-state index contributed by atoms with van der Waals surface area (Å²) in [5.41, 5.74) is 6.23. The molecule has 0 atom stereocenters. The maximum atomic E-state index is 8.36. The molecule has 0 saturated carbocycles. The average molecular weight is 245 g/mol. The third kappa shape index (κ3) is 2.79. The lowest BCUT2D eigenvalue weighted by Crippen LogP contribution is -2.21. The van der Waals surface area contributed by atoms with Gasteiger partial charge in [-0.3, -0.25) is 4.79 Å². The van der Waals surface area contributed by atoms with Crippen LogP contribution in [0.15, 0.2) is 24.3 Å². The van der Waals surface area contributed by atoms with E-state index in [0.717, 1.165) is 13.1 Å². The Morgan fingerprint density at radius 1 is 1.28 bits per heavy atom. The van der Waals surface area contributed by atoms with Crippen LogP contribution in [0.1, 0.15) is 29.5 Å². The lowest BCUT2D eigenvalue weighted by Gasteiger charge is -2.17. The summed E-state index contributed by atoms with van der Waals surface area (Å²) < 4.78 is 0. The quantitative estimate of drug-likeness (QED) is 0.746. The predicted molar refractivity (Wildman–Crippen MR) is 72.6 cm³/mol. The van der Waals surface area contributed by atoms with Gasteiger partial charge in [0.2, 0.25) is 0 Å². The predicted octanol–water partition coefficient (Wildman–Crippen LogP) is 2.25. The van der Waals surface area contributed by atoms with Crippen molar-refractivity contribution in [2.24, 2.45) is 0 Å². The fourth-order valence-electron chi connectivity index (χ4n) is 2.77. The monoisotopic (exact) mass is 245 g/mol. The first-order valence-corrected chi connectivity index (χ1v) is 6.45. The van der Waals surface area contributed by atoms with Gasteiger partial charge in [-0.2, -0.15) is 0 Å². The number of carbonyl (C=O) groups is 1. The Morgan fingerprint density at radius 2 is 2.11 bits per heavy atom. The Morgan fingerprint density at radius 3 is 2.83 bits per heavy atom. The van der Waals surface area contributed by atoms with Crippen molar-refractivity contribution in [1.29, 1.82) is 0 Å². The molecule has 0 spiro atoms. The first-order valence-electron chi connectivity index (χ1n) is 6.45. The molecule has 96 valence electrons. The van der Waals surface area contributed by atoms with E-state index in [0.29, 0.717) is 0 Å². The van der Waals surface area contributed by atoms with Crippen molar-refractivity contribution in [3.63, 3.8) is 0 Å². The van der Waals surface area contributed by atoms with Crippen LogP contribution in [-0.2, 0) is 17.6 Å². The van der Waals surface area contributed by atoms with Crippen LogP contribution in [0.4, 0.5) is 0 Å². The van der Waals surface area contributed by atoms with Crippen molar-refractivity contribution in [1.82, 2.24) is 5.32 Å². The molecule has 3 nitrogen and oxygen atoms in total. The number of benzene rings is 1. The van der Waals surface area contributed by atoms with Crippen LogP contribution in [-0.4, -0.2) is 24.7 Å². The van der Waals surface area contributed by atoms with E-state index < -0.39 is 0 Å². The van der Waals surface area contributed by atoms with E-state index in [1.807, 2.05) is 0 Å². The largest absolute Gasteiger partial charge is 0.483 e. The van der Waals surface area contributed by atoms with E-state index in [1.165, 1.54) is 36.8 Å². The number of hydrogen-bond acceptors (Lipinski definition) is 2. The van der Waals surface area contributed by atoms with E-state index in [4.69, 9.17) is 9.90 Å². The topological polar surface area (TPSA) is 49.3 Å². The molecule has 0 saturated heterocycles. The molecule has 1 heterocycles. The van der Waals surface area contributed by atoms with Crippen molar-refractivity contribution in [2.75, 3.05) is 13.1 Å². The van der Waals surface area contributed by atoms with Gasteiger partial charge >= 0.3 is 0 Å². The number of rotatable bonds is 1. The molecule has 2 aliphatic rings. The smallest absolute Gasteiger partial charge is 0.290 e. The molecule has 1 aliphatic heterocycles. The zero-order valence-corrected chi connectivity index (χ0v) is 10.5. The first kappa shape index (κ1) is 12.8. The molecule has 18 heavy (non-hydrogen) atoms. The second-order valence-electron chi connectivity index (χ2n) is 4.60. The normalized spacial score (nSPS) is 17.2. The van der Waals surface area contributed by atoms with E-state index in [-0.39, 0.29) is 6.47 Å². The minimum absolute atomic E-state index is 0.250. The van der Waals surface area contributed by atoms with Crippen LogP contribution in [0.3, 0.4) is 0 Å². The van der Waals surface area contributed by atoms with Crippen molar-refractivity contribution in [2.45, 2.75) is 25.7 Å². The van der Waals surface area contributed by atoms with Crippen LogP contribution in [0.25, 0.3) is 5.57 Å². The summed E-state index contributed by atoms with van der Waals surface area (Å²) in [5.74, 6) is 0. The molecule has 3 heteroatoms. The molecule has 1 aliphatic carbocycles. The van der Waals surface area contributed by atoms with Crippen molar-refractivity contribution in [3.05, 3.63) is 41.0 Å². The van der Waals surface area contributed by atoms with Gasteiger partial charge in [-0.05, 0) is 54.5 Å². The van der Waals surface area contributed by atoms with Crippen LogP contribution < -0.4 is 5.32 Å². The second-order valence-corrected chi connectivity index (χ2v) is 4.60. The number of carboxylic acid groups (broad SMARTS) is 1. The fraction of sp³-hybridized carbons (Fsp3) is 0.400. The minimum Gasteiger partial charge on any atom is -0.483 e. The Kier molecular flexibility index (Phi) is 4.53. The molecule has 0 aromatic heterocycles. The van der Waals surface area contributed by atoms with Gasteiger partial charge in [-0.1, -0.05) is 24.3 Å². The zero-order valence-electron chi connectivity index (χ0n) is 10.5. The van der Waals surface area contributed by atoms with Crippen molar-refractivity contribution >= 4 is 12.0 Å². The van der Waals surface area contributed by atoms with Crippen molar-refractivity contribution < 1.29 is 9.90 Å². The molecule has 1 aromatic rings. The fourth-order valence-corrected chi connectivity index (χ4v) is 2.77. The third-order valence-electron chi connectivity index (χ3n) is 3.52. The Bertz CT molecular complexity index is 452. The third-order valence-corrected chi connectivity index (χ3v) is 3.52. The summed E-state index contributed by atoms with van der Waals surface area (Å²) in [6.45, 7) is 1.94. The summed E-state index contributed by atoms with van der Waals surface area (Å²) in [7, 11) is 0. The number of nitrogens with one attached hydrogen (secondary N) is 1. The second kappa shape index (κ2) is 6.36. The van der Waals surface area contributed by atoms with Gasteiger partial charge in [-0.15, -0.1) is 0 Å². The van der Waals surface area contributed by atoms with Crippen LogP contribution in [0.5, 0.6) is 0 Å². The van der Waals surface area contributed by atoms with Gasteiger partial charge in [0.1, 0.15) is 0 Å². The highest BCUT2D eigenvalue weighted by Crippen LogP contribution is 2.30. The molecule has 0 bridgehead atoms. The van der Waals surface area contributed by atoms with E-state index >= 15 is 0 Å². The number of aryl methyl sites for hydroxylation is 1. The average Bonchev–Trinajstić information content (AvgIpc) is 2.89. The summed E-state index contributed by atoms with van der Waals surface area (Å²) >= 11 is 0. The Labute approximate surface area is 108 Å².